The van der Waals surface area contributed by atoms with E-state index in [4.69, 9.17) is 4.74 Å². The number of hydrogen-bond acceptors (Lipinski definition) is 3. The van der Waals surface area contributed by atoms with Crippen molar-refractivity contribution in [2.75, 3.05) is 6.61 Å². The molecule has 1 saturated carbocycles. The van der Waals surface area contributed by atoms with Gasteiger partial charge in [-0.25, -0.2) is 0 Å². The predicted molar refractivity (Wildman–Crippen MR) is 94.1 cm³/mol. The van der Waals surface area contributed by atoms with Gasteiger partial charge in [-0.2, -0.15) is 0 Å². The lowest BCUT2D eigenvalue weighted by Gasteiger charge is -2.12. The number of rotatable bonds is 7. The second-order valence-electron chi connectivity index (χ2n) is 5.60. The highest BCUT2D eigenvalue weighted by Crippen LogP contribution is 2.29. The van der Waals surface area contributed by atoms with Crippen molar-refractivity contribution in [3.63, 3.8) is 0 Å². The lowest BCUT2D eigenvalue weighted by molar-refractivity contribution is 0.0951. The summed E-state index contributed by atoms with van der Waals surface area (Å²) < 4.78 is 5.71. The average molecular weight is 327 g/mol. The maximum atomic E-state index is 12.2. The Kier molecular flexibility index (Phi) is 5.23. The maximum absolute atomic E-state index is 12.2. The molecule has 0 bridgehead atoms. The Morgan fingerprint density at radius 2 is 2.00 bits per heavy atom. The lowest BCUT2D eigenvalue weighted by atomic mass is 10.1. The molecule has 0 aromatic heterocycles. The fraction of sp³-hybridized carbons (Fsp3) is 0.316. The normalized spacial score (nSPS) is 13.6. The molecule has 0 unspecified atom stereocenters. The molecular weight excluding hydrogens is 306 g/mol. The van der Waals surface area contributed by atoms with Crippen molar-refractivity contribution >= 4 is 17.7 Å². The van der Waals surface area contributed by atoms with Crippen LogP contribution in [0.15, 0.2) is 53.4 Å². The van der Waals surface area contributed by atoms with E-state index in [1.54, 1.807) is 11.8 Å². The minimum Gasteiger partial charge on any atom is -0.494 e. The summed E-state index contributed by atoms with van der Waals surface area (Å²) in [4.78, 5) is 13.4. The van der Waals surface area contributed by atoms with Crippen LogP contribution in [0, 0.1) is 0 Å². The molecule has 1 amide bonds. The second kappa shape index (κ2) is 7.55. The first-order valence-corrected chi connectivity index (χ1v) is 8.99. The van der Waals surface area contributed by atoms with Crippen LogP contribution in [0.2, 0.25) is 0 Å². The van der Waals surface area contributed by atoms with E-state index in [0.29, 0.717) is 18.2 Å². The number of benzene rings is 2. The van der Waals surface area contributed by atoms with Gasteiger partial charge in [0, 0.05) is 27.8 Å². The zero-order valence-electron chi connectivity index (χ0n) is 13.2. The van der Waals surface area contributed by atoms with E-state index in [-0.39, 0.29) is 5.91 Å². The minimum absolute atomic E-state index is 0.0153. The van der Waals surface area contributed by atoms with E-state index in [9.17, 15) is 4.79 Å². The quantitative estimate of drug-likeness (QED) is 0.772. The van der Waals surface area contributed by atoms with Gasteiger partial charge in [-0.1, -0.05) is 18.2 Å². The Morgan fingerprint density at radius 1 is 1.22 bits per heavy atom. The summed E-state index contributed by atoms with van der Waals surface area (Å²) in [5.41, 5.74) is 1.77. The van der Waals surface area contributed by atoms with Crippen molar-refractivity contribution in [3.05, 3.63) is 59.7 Å². The first-order chi connectivity index (χ1) is 11.3. The van der Waals surface area contributed by atoms with E-state index < -0.39 is 0 Å². The number of thioether (sulfide) groups is 1. The number of nitrogens with one attached hydrogen (secondary N) is 1. The number of carbonyl (C=O) groups excluding carboxylic acids is 1. The Morgan fingerprint density at radius 3 is 2.70 bits per heavy atom. The maximum Gasteiger partial charge on any atom is 0.251 e. The van der Waals surface area contributed by atoms with Gasteiger partial charge < -0.3 is 10.1 Å². The third-order valence-corrected chi connectivity index (χ3v) is 4.73. The molecule has 1 fully saturated rings. The van der Waals surface area contributed by atoms with Crippen molar-refractivity contribution in [1.29, 1.82) is 0 Å². The van der Waals surface area contributed by atoms with Crippen LogP contribution in [-0.4, -0.2) is 18.6 Å². The Bertz CT molecular complexity index is 668. The summed E-state index contributed by atoms with van der Waals surface area (Å²) in [6, 6.07) is 16.3. The zero-order valence-corrected chi connectivity index (χ0v) is 14.1. The van der Waals surface area contributed by atoms with Crippen LogP contribution in [0.1, 0.15) is 35.7 Å². The lowest BCUT2D eigenvalue weighted by Crippen LogP contribution is -2.25. The number of hydrogen-bond donors (Lipinski definition) is 1. The van der Waals surface area contributed by atoms with Crippen molar-refractivity contribution in [3.8, 4) is 5.75 Å². The number of amides is 1. The molecule has 2 aromatic rings. The summed E-state index contributed by atoms with van der Waals surface area (Å²) in [5.74, 6) is 1.66. The highest BCUT2D eigenvalue weighted by atomic mass is 32.2. The van der Waals surface area contributed by atoms with Crippen molar-refractivity contribution in [2.24, 2.45) is 0 Å². The molecule has 0 radical (unpaired) electrons. The van der Waals surface area contributed by atoms with Crippen molar-refractivity contribution < 1.29 is 9.53 Å². The molecule has 1 N–H and O–H groups in total. The molecule has 2 aromatic carbocycles. The molecular formula is C19H21NO2S. The first kappa shape index (κ1) is 15.9. The minimum atomic E-state index is 0.0153. The molecule has 0 saturated heterocycles. The summed E-state index contributed by atoms with van der Waals surface area (Å²) >= 11 is 1.75. The van der Waals surface area contributed by atoms with Gasteiger partial charge in [-0.05, 0) is 50.1 Å². The molecule has 3 rings (SSSR count). The largest absolute Gasteiger partial charge is 0.494 e. The van der Waals surface area contributed by atoms with Gasteiger partial charge >= 0.3 is 0 Å². The van der Waals surface area contributed by atoms with Gasteiger partial charge in [0.25, 0.3) is 5.91 Å². The fourth-order valence-electron chi connectivity index (χ4n) is 2.30. The Hall–Kier alpha value is -1.94. The SMILES string of the molecule is CCOc1ccc(C(=O)NC2CC2)cc1CSc1ccccc1. The summed E-state index contributed by atoms with van der Waals surface area (Å²) in [5, 5.41) is 3.04. The van der Waals surface area contributed by atoms with Crippen LogP contribution in [-0.2, 0) is 5.75 Å². The molecule has 0 aliphatic heterocycles. The van der Waals surface area contributed by atoms with Crippen LogP contribution >= 0.6 is 11.8 Å². The van der Waals surface area contributed by atoms with E-state index in [1.165, 1.54) is 4.90 Å². The van der Waals surface area contributed by atoms with Crippen LogP contribution in [0.4, 0.5) is 0 Å². The van der Waals surface area contributed by atoms with Gasteiger partial charge in [0.1, 0.15) is 5.75 Å². The molecule has 23 heavy (non-hydrogen) atoms. The van der Waals surface area contributed by atoms with E-state index in [0.717, 1.165) is 29.9 Å². The van der Waals surface area contributed by atoms with E-state index in [2.05, 4.69) is 17.4 Å². The molecule has 0 heterocycles. The standard InChI is InChI=1S/C19H21NO2S/c1-2-22-18-11-8-14(19(21)20-16-9-10-16)12-15(18)13-23-17-6-4-3-5-7-17/h3-8,11-12,16H,2,9-10,13H2,1H3,(H,20,21). The highest BCUT2D eigenvalue weighted by Gasteiger charge is 2.24. The van der Waals surface area contributed by atoms with Crippen molar-refractivity contribution in [2.45, 2.75) is 36.5 Å². The molecule has 120 valence electrons. The van der Waals surface area contributed by atoms with Gasteiger partial charge in [0.2, 0.25) is 0 Å². The second-order valence-corrected chi connectivity index (χ2v) is 6.65. The smallest absolute Gasteiger partial charge is 0.251 e. The number of ether oxygens (including phenoxy) is 1. The molecule has 1 aliphatic carbocycles. The van der Waals surface area contributed by atoms with Gasteiger partial charge in [-0.3, -0.25) is 4.79 Å². The third kappa shape index (κ3) is 4.52. The van der Waals surface area contributed by atoms with Crippen LogP contribution in [0.5, 0.6) is 5.75 Å². The van der Waals surface area contributed by atoms with Gasteiger partial charge in [0.05, 0.1) is 6.61 Å². The first-order valence-electron chi connectivity index (χ1n) is 8.00. The van der Waals surface area contributed by atoms with E-state index >= 15 is 0 Å². The van der Waals surface area contributed by atoms with Gasteiger partial charge in [0.15, 0.2) is 0 Å². The fourth-order valence-corrected chi connectivity index (χ4v) is 3.20. The van der Waals surface area contributed by atoms with Crippen molar-refractivity contribution in [1.82, 2.24) is 5.32 Å². The molecule has 1 aliphatic rings. The Balaban J connectivity index is 1.75. The van der Waals surface area contributed by atoms with Crippen LogP contribution in [0.3, 0.4) is 0 Å². The summed E-state index contributed by atoms with van der Waals surface area (Å²) in [6.07, 6.45) is 2.19. The number of carbonyl (C=O) groups is 1. The average Bonchev–Trinajstić information content (AvgIpc) is 3.39. The third-order valence-electron chi connectivity index (χ3n) is 3.67. The topological polar surface area (TPSA) is 38.3 Å². The van der Waals surface area contributed by atoms with E-state index in [1.807, 2.05) is 43.3 Å². The summed E-state index contributed by atoms with van der Waals surface area (Å²) in [7, 11) is 0. The molecule has 3 nitrogen and oxygen atoms in total. The molecule has 0 spiro atoms. The Labute approximate surface area is 141 Å². The highest BCUT2D eigenvalue weighted by molar-refractivity contribution is 7.98. The molecule has 4 heteroatoms. The zero-order chi connectivity index (χ0) is 16.1. The molecule has 0 atom stereocenters. The van der Waals surface area contributed by atoms with Crippen LogP contribution in [0.25, 0.3) is 0 Å². The summed E-state index contributed by atoms with van der Waals surface area (Å²) in [6.45, 7) is 2.60. The van der Waals surface area contributed by atoms with Crippen LogP contribution < -0.4 is 10.1 Å². The predicted octanol–water partition coefficient (Wildman–Crippen LogP) is 4.27. The van der Waals surface area contributed by atoms with Gasteiger partial charge in [-0.15, -0.1) is 11.8 Å². The monoisotopic (exact) mass is 327 g/mol.